The molecule has 0 saturated heterocycles. The number of unbranched alkanes of at least 4 members (excludes halogenated alkanes) is 3. The van der Waals surface area contributed by atoms with Crippen LogP contribution in [0.25, 0.3) is 0 Å². The number of nitriles is 1. The maximum atomic E-state index is 9.27. The van der Waals surface area contributed by atoms with Crippen LogP contribution in [0.2, 0.25) is 13.3 Å². The summed E-state index contributed by atoms with van der Waals surface area (Å²) in [6, 6.07) is 2.43. The maximum Gasteiger partial charge on any atom is 0 e. The SMILES string of the molecule is C=[C](C#N)[Sn]([CH2]CCC)([CH2]CCC)[CH2]CCC.[Cu]. The van der Waals surface area contributed by atoms with Crippen molar-refractivity contribution in [3.63, 3.8) is 0 Å². The third-order valence-corrected chi connectivity index (χ3v) is 19.0. The Morgan fingerprint density at radius 1 is 0.944 bits per heavy atom. The molecule has 0 aliphatic heterocycles. The second kappa shape index (κ2) is 12.6. The molecule has 0 unspecified atom stereocenters. The molecule has 0 amide bonds. The van der Waals surface area contributed by atoms with Gasteiger partial charge in [0.25, 0.3) is 0 Å². The van der Waals surface area contributed by atoms with Crippen LogP contribution in [0.1, 0.15) is 59.3 Å². The van der Waals surface area contributed by atoms with Crippen molar-refractivity contribution >= 4 is 18.4 Å². The van der Waals surface area contributed by atoms with Crippen LogP contribution in [0.15, 0.2) is 10.2 Å². The van der Waals surface area contributed by atoms with Gasteiger partial charge in [-0.25, -0.2) is 0 Å². The maximum absolute atomic E-state index is 9.27. The van der Waals surface area contributed by atoms with E-state index in [1.165, 1.54) is 51.8 Å². The minimum Gasteiger partial charge on any atom is 0 e. The van der Waals surface area contributed by atoms with E-state index in [4.69, 9.17) is 0 Å². The molecule has 0 N–H and O–H groups in total. The average molecular weight is 406 g/mol. The molecule has 0 aliphatic carbocycles. The van der Waals surface area contributed by atoms with Crippen molar-refractivity contribution < 1.29 is 17.1 Å². The molecule has 0 atom stereocenters. The van der Waals surface area contributed by atoms with E-state index in [1.807, 2.05) is 0 Å². The van der Waals surface area contributed by atoms with Gasteiger partial charge in [-0.05, 0) is 0 Å². The molecule has 0 aromatic carbocycles. The fraction of sp³-hybridized carbons (Fsp3) is 0.800. The molecule has 3 heteroatoms. The number of hydrogen-bond donors (Lipinski definition) is 0. The molecular weight excluding hydrogens is 376 g/mol. The molecule has 0 bridgehead atoms. The van der Waals surface area contributed by atoms with Crippen LogP contribution in [-0.2, 0) is 17.1 Å². The Labute approximate surface area is 129 Å². The molecule has 0 aromatic rings. The fourth-order valence-electron chi connectivity index (χ4n) is 2.49. The predicted molar refractivity (Wildman–Crippen MR) is 79.7 cm³/mol. The Balaban J connectivity index is 0. The first kappa shape index (κ1) is 20.9. The summed E-state index contributed by atoms with van der Waals surface area (Å²) in [4.78, 5) is 0. The van der Waals surface area contributed by atoms with Gasteiger partial charge in [0.05, 0.1) is 0 Å². The molecule has 0 aliphatic rings. The van der Waals surface area contributed by atoms with Crippen LogP contribution < -0.4 is 0 Å². The van der Waals surface area contributed by atoms with E-state index in [0.29, 0.717) is 0 Å². The fourth-order valence-corrected chi connectivity index (χ4v) is 16.7. The van der Waals surface area contributed by atoms with Crippen LogP contribution in [0.3, 0.4) is 0 Å². The third-order valence-electron chi connectivity index (χ3n) is 3.80. The van der Waals surface area contributed by atoms with Gasteiger partial charge in [-0.2, -0.15) is 0 Å². The summed E-state index contributed by atoms with van der Waals surface area (Å²) < 4.78 is 5.11. The molecular formula is C15H29CuNSn. The minimum atomic E-state index is -2.35. The summed E-state index contributed by atoms with van der Waals surface area (Å²) in [6.07, 6.45) is 7.71. The molecule has 109 valence electrons. The van der Waals surface area contributed by atoms with Crippen molar-refractivity contribution in [1.29, 1.82) is 5.26 Å². The number of nitrogens with zero attached hydrogens (tertiary/aromatic N) is 1. The third kappa shape index (κ3) is 7.21. The smallest absolute Gasteiger partial charge is 0 e. The molecule has 0 aromatic heterocycles. The zero-order valence-electron chi connectivity index (χ0n) is 12.3. The first-order valence-corrected chi connectivity index (χ1v) is 14.7. The monoisotopic (exact) mass is 406 g/mol. The second-order valence-corrected chi connectivity index (χ2v) is 18.5. The molecule has 1 radical (unpaired) electrons. The second-order valence-electron chi connectivity index (χ2n) is 5.18. The summed E-state index contributed by atoms with van der Waals surface area (Å²) in [5, 5.41) is 9.27. The Bertz CT molecular complexity index is 236. The number of allylic oxidation sites excluding steroid dienone is 1. The summed E-state index contributed by atoms with van der Waals surface area (Å²) in [5.41, 5.74) is 0. The van der Waals surface area contributed by atoms with E-state index >= 15 is 0 Å². The van der Waals surface area contributed by atoms with Crippen molar-refractivity contribution in [1.82, 2.24) is 0 Å². The van der Waals surface area contributed by atoms with Crippen LogP contribution in [-0.4, -0.2) is 18.4 Å². The van der Waals surface area contributed by atoms with Crippen molar-refractivity contribution in [2.75, 3.05) is 0 Å². The molecule has 0 spiro atoms. The zero-order chi connectivity index (χ0) is 13.1. The van der Waals surface area contributed by atoms with Gasteiger partial charge < -0.3 is 0 Å². The van der Waals surface area contributed by atoms with Crippen LogP contribution in [0, 0.1) is 11.3 Å². The standard InChI is InChI=1S/3C4H9.C3H2N.Cu.Sn/c3*1-3-4-2;1-2-3-4;;/h3*1,3-4H2,2H3;1H2;;. The van der Waals surface area contributed by atoms with Gasteiger partial charge in [0.15, 0.2) is 0 Å². The first-order valence-electron chi connectivity index (χ1n) is 7.26. The average Bonchev–Trinajstić information content (AvgIpc) is 2.37. The minimum absolute atomic E-state index is 0. The summed E-state index contributed by atoms with van der Waals surface area (Å²) >= 11 is -2.35. The zero-order valence-corrected chi connectivity index (χ0v) is 16.1. The van der Waals surface area contributed by atoms with Crippen molar-refractivity contribution in [3.05, 3.63) is 10.2 Å². The Morgan fingerprint density at radius 2 is 1.28 bits per heavy atom. The Morgan fingerprint density at radius 3 is 1.50 bits per heavy atom. The van der Waals surface area contributed by atoms with E-state index in [0.717, 1.165) is 3.59 Å². The van der Waals surface area contributed by atoms with Crippen LogP contribution in [0.5, 0.6) is 0 Å². The Hall–Kier alpha value is 0.548. The normalized spacial score (nSPS) is 10.6. The quantitative estimate of drug-likeness (QED) is 0.350. The molecule has 0 fully saturated rings. The molecule has 18 heavy (non-hydrogen) atoms. The van der Waals surface area contributed by atoms with Crippen LogP contribution >= 0.6 is 0 Å². The molecule has 0 rings (SSSR count). The summed E-state index contributed by atoms with van der Waals surface area (Å²) in [7, 11) is 0. The predicted octanol–water partition coefficient (Wildman–Crippen LogP) is 5.45. The largest absolute Gasteiger partial charge is 0 e. The van der Waals surface area contributed by atoms with Gasteiger partial charge >= 0.3 is 112 Å². The van der Waals surface area contributed by atoms with Gasteiger partial charge in [0.2, 0.25) is 0 Å². The number of rotatable bonds is 10. The van der Waals surface area contributed by atoms with Gasteiger partial charge in [0.1, 0.15) is 0 Å². The summed E-state index contributed by atoms with van der Waals surface area (Å²) in [6.45, 7) is 10.9. The number of hydrogen-bond acceptors (Lipinski definition) is 1. The van der Waals surface area contributed by atoms with E-state index in [2.05, 4.69) is 33.4 Å². The van der Waals surface area contributed by atoms with Gasteiger partial charge in [-0.3, -0.25) is 0 Å². The van der Waals surface area contributed by atoms with E-state index in [9.17, 15) is 5.26 Å². The van der Waals surface area contributed by atoms with E-state index in [-0.39, 0.29) is 17.1 Å². The summed E-state index contributed by atoms with van der Waals surface area (Å²) in [5.74, 6) is 0. The van der Waals surface area contributed by atoms with Gasteiger partial charge in [-0.1, -0.05) is 0 Å². The van der Waals surface area contributed by atoms with Gasteiger partial charge in [0, 0.05) is 17.1 Å². The Kier molecular flexibility index (Phi) is 14.6. The molecule has 1 nitrogen and oxygen atoms in total. The van der Waals surface area contributed by atoms with E-state index < -0.39 is 18.4 Å². The van der Waals surface area contributed by atoms with Crippen molar-refractivity contribution in [2.45, 2.75) is 72.6 Å². The molecule has 0 heterocycles. The van der Waals surface area contributed by atoms with Gasteiger partial charge in [-0.15, -0.1) is 0 Å². The van der Waals surface area contributed by atoms with E-state index in [1.54, 1.807) is 0 Å². The van der Waals surface area contributed by atoms with Crippen molar-refractivity contribution in [3.8, 4) is 6.07 Å². The molecule has 0 saturated carbocycles. The first-order chi connectivity index (χ1) is 8.16. The topological polar surface area (TPSA) is 23.8 Å². The van der Waals surface area contributed by atoms with Crippen molar-refractivity contribution in [2.24, 2.45) is 0 Å². The van der Waals surface area contributed by atoms with Crippen LogP contribution in [0.4, 0.5) is 0 Å².